The Balaban J connectivity index is 0.00000196. The average molecular weight is 551 g/mol. The van der Waals surface area contributed by atoms with Gasteiger partial charge in [-0.25, -0.2) is 0 Å². The molecule has 0 N–H and O–H groups in total. The summed E-state index contributed by atoms with van der Waals surface area (Å²) in [6.45, 7) is 14.1. The van der Waals surface area contributed by atoms with Crippen LogP contribution in [0.2, 0.25) is 42.0 Å². The predicted molar refractivity (Wildman–Crippen MR) is 136 cm³/mol. The molecule has 7 heteroatoms. The van der Waals surface area contributed by atoms with Gasteiger partial charge in [0.05, 0.1) is 0 Å². The molecule has 0 spiro atoms. The zero-order valence-electron chi connectivity index (χ0n) is 18.3. The first-order chi connectivity index (χ1) is 11.8. The van der Waals surface area contributed by atoms with Crippen molar-refractivity contribution in [2.45, 2.75) is 52.0 Å². The minimum absolute atomic E-state index is 0. The third kappa shape index (κ3) is 5.22. The van der Waals surface area contributed by atoms with Crippen LogP contribution in [-0.4, -0.2) is 23.5 Å². The average Bonchev–Trinajstić information content (AvgIpc) is 3.13. The van der Waals surface area contributed by atoms with E-state index in [-0.39, 0.29) is 24.8 Å². The minimum atomic E-state index is -3.08. The van der Waals surface area contributed by atoms with Gasteiger partial charge in [0.1, 0.15) is 0 Å². The maximum atomic E-state index is 6.66. The summed E-state index contributed by atoms with van der Waals surface area (Å²) in [6, 6.07) is 8.99. The maximum absolute atomic E-state index is 6.66. The maximum Gasteiger partial charge on any atom is -0.147 e. The number of fused-ring (bicyclic) bond motifs is 1. The molecular weight excluding hydrogens is 515 g/mol. The summed E-state index contributed by atoms with van der Waals surface area (Å²) < 4.78 is 14.3. The van der Waals surface area contributed by atoms with Gasteiger partial charge in [0.15, 0.2) is 0 Å². The van der Waals surface area contributed by atoms with Crippen LogP contribution in [0.5, 0.6) is 0 Å². The van der Waals surface area contributed by atoms with Crippen LogP contribution in [0.1, 0.15) is 21.2 Å². The molecule has 0 aromatic heterocycles. The molecule has 2 aliphatic rings. The molecule has 0 aliphatic heterocycles. The fraction of sp³-hybridized carbons (Fsp3) is 0.429. The molecule has 156 valence electrons. The molecule has 1 nitrogen and oxygen atoms in total. The molecule has 28 heavy (non-hydrogen) atoms. The number of benzene rings is 1. The van der Waals surface area contributed by atoms with Crippen molar-refractivity contribution in [3.8, 4) is 0 Å². The summed E-state index contributed by atoms with van der Waals surface area (Å²) >= 11 is -3.08. The van der Waals surface area contributed by atoms with Gasteiger partial charge < -0.3 is 0 Å². The fourth-order valence-electron chi connectivity index (χ4n) is 4.60. The molecule has 1 aromatic carbocycles. The van der Waals surface area contributed by atoms with Gasteiger partial charge in [-0.05, 0) is 0 Å². The first-order valence-corrected chi connectivity index (χ1v) is 29.6. The van der Waals surface area contributed by atoms with E-state index < -0.39 is 34.0 Å². The molecule has 0 amide bonds. The van der Waals surface area contributed by atoms with Gasteiger partial charge >= 0.3 is 165 Å². The minimum Gasteiger partial charge on any atom is -0.147 e. The molecule has 1 atom stereocenters. The van der Waals surface area contributed by atoms with E-state index in [4.69, 9.17) is 4.12 Å². The van der Waals surface area contributed by atoms with Gasteiger partial charge in [-0.15, -0.1) is 24.8 Å². The smallest absolute Gasteiger partial charge is 0.147 e. The van der Waals surface area contributed by atoms with Crippen LogP contribution in [-0.2, 0) is 21.5 Å². The Morgan fingerprint density at radius 2 is 1.64 bits per heavy atom. The number of hydrogen-bond donors (Lipinski definition) is 0. The van der Waals surface area contributed by atoms with Crippen LogP contribution in [0.15, 0.2) is 51.0 Å². The summed E-state index contributed by atoms with van der Waals surface area (Å²) in [4.78, 5) is 0. The van der Waals surface area contributed by atoms with E-state index in [1.807, 2.05) is 0 Å². The van der Waals surface area contributed by atoms with Crippen LogP contribution >= 0.6 is 24.8 Å². The van der Waals surface area contributed by atoms with Gasteiger partial charge in [-0.2, -0.15) is 0 Å². The van der Waals surface area contributed by atoms with E-state index in [1.54, 1.807) is 8.84 Å². The Morgan fingerprint density at radius 1 is 1.04 bits per heavy atom. The molecule has 1 aromatic rings. The van der Waals surface area contributed by atoms with E-state index in [1.165, 1.54) is 10.8 Å². The molecule has 0 fully saturated rings. The number of rotatable bonds is 5. The largest absolute Gasteiger partial charge is 0.147 e. The Labute approximate surface area is 188 Å². The van der Waals surface area contributed by atoms with Crippen molar-refractivity contribution in [1.29, 1.82) is 0 Å². The van der Waals surface area contributed by atoms with Gasteiger partial charge in [-0.3, -0.25) is 0 Å². The van der Waals surface area contributed by atoms with Gasteiger partial charge in [-0.1, -0.05) is 0 Å². The zero-order valence-corrected chi connectivity index (χ0v) is 25.8. The van der Waals surface area contributed by atoms with E-state index in [2.05, 4.69) is 97.4 Å². The Morgan fingerprint density at radius 3 is 2.25 bits per heavy atom. The Hall–Kier alpha value is 0.514. The number of hydrogen-bond acceptors (Lipinski definition) is 1. The Bertz CT molecular complexity index is 904. The van der Waals surface area contributed by atoms with E-state index in [9.17, 15) is 0 Å². The van der Waals surface area contributed by atoms with Crippen molar-refractivity contribution in [2.75, 3.05) is 0 Å². The summed E-state index contributed by atoms with van der Waals surface area (Å²) in [6.07, 6.45) is 11.1. The second kappa shape index (κ2) is 8.57. The first kappa shape index (κ1) is 26.5. The normalized spacial score (nSPS) is 19.4. The summed E-state index contributed by atoms with van der Waals surface area (Å²) in [5, 5.41) is 1.53. The van der Waals surface area contributed by atoms with Crippen molar-refractivity contribution in [1.82, 2.24) is 0 Å². The molecule has 0 heterocycles. The van der Waals surface area contributed by atoms with Crippen molar-refractivity contribution < 1.29 is 21.5 Å². The van der Waals surface area contributed by atoms with Crippen LogP contribution in [0.25, 0.3) is 6.08 Å². The van der Waals surface area contributed by atoms with Gasteiger partial charge in [0, 0.05) is 0 Å². The third-order valence-electron chi connectivity index (χ3n) is 5.98. The third-order valence-corrected chi connectivity index (χ3v) is 29.7. The Kier molecular flexibility index (Phi) is 8.12. The fourth-order valence-corrected chi connectivity index (χ4v) is 25.5. The summed E-state index contributed by atoms with van der Waals surface area (Å²) in [5.74, 6) is 0. The van der Waals surface area contributed by atoms with E-state index in [0.717, 1.165) is 6.42 Å². The van der Waals surface area contributed by atoms with Crippen molar-refractivity contribution in [3.63, 3.8) is 0 Å². The summed E-state index contributed by atoms with van der Waals surface area (Å²) in [5.41, 5.74) is 2.99. The standard InChI is InChI=1S/C10H19OSi2.C9H7.2CH3.2ClH.H2Si.Zr/c1-12(2,3)11-13(4,5)10-8-6-7-9-10;1-2-5-9-7-3-6-8(9)4-1;;;;;;/h8-9H,6H2,1-5H3;1-7H;2*1H3;2*1H;1H2;. The molecular formula is C21H36Cl2OSi3Zr. The second-order valence-electron chi connectivity index (χ2n) is 10.5. The number of allylic oxidation sites excluding steroid dienone is 5. The van der Waals surface area contributed by atoms with Crippen LogP contribution in [0, 0.1) is 0 Å². The molecule has 0 radical (unpaired) electrons. The second-order valence-corrected chi connectivity index (χ2v) is 49.0. The molecule has 0 saturated heterocycles. The topological polar surface area (TPSA) is 9.23 Å². The summed E-state index contributed by atoms with van der Waals surface area (Å²) in [7, 11) is -3.33. The molecule has 3 rings (SSSR count). The van der Waals surface area contributed by atoms with E-state index >= 15 is 0 Å². The first-order valence-electron chi connectivity index (χ1n) is 9.75. The number of halogens is 2. The van der Waals surface area contributed by atoms with Crippen LogP contribution < -0.4 is 0 Å². The van der Waals surface area contributed by atoms with Gasteiger partial charge in [0.2, 0.25) is 0 Å². The quantitative estimate of drug-likeness (QED) is 0.369. The monoisotopic (exact) mass is 548 g/mol. The SMILES string of the molecule is C[Si](C)(C)O[Si](C)(C)C1=CC[C]([Zr]([CH3])([CH3])(=[SiH2])[CH]2C=Cc3ccccc32)=C1.Cl.Cl. The molecule has 0 saturated carbocycles. The zero-order chi connectivity index (χ0) is 19.4. The van der Waals surface area contributed by atoms with Crippen molar-refractivity contribution in [3.05, 3.63) is 62.1 Å². The van der Waals surface area contributed by atoms with Crippen LogP contribution in [0.3, 0.4) is 0 Å². The van der Waals surface area contributed by atoms with Gasteiger partial charge in [0.25, 0.3) is 0 Å². The molecule has 0 bridgehead atoms. The van der Waals surface area contributed by atoms with Crippen molar-refractivity contribution in [2.24, 2.45) is 0 Å². The molecule has 2 aliphatic carbocycles. The van der Waals surface area contributed by atoms with E-state index in [0.29, 0.717) is 3.63 Å². The van der Waals surface area contributed by atoms with Crippen molar-refractivity contribution >= 4 is 54.4 Å². The predicted octanol–water partition coefficient (Wildman–Crippen LogP) is 6.74. The van der Waals surface area contributed by atoms with Crippen LogP contribution in [0.4, 0.5) is 0 Å². The molecule has 1 unspecified atom stereocenters.